The fraction of sp³-hybridized carbons (Fsp3) is 0.882. The molecule has 2 fully saturated rings. The summed E-state index contributed by atoms with van der Waals surface area (Å²) in [7, 11) is 6.10. The molecule has 1 saturated carbocycles. The van der Waals surface area contributed by atoms with Crippen molar-refractivity contribution >= 4 is 35.8 Å². The smallest absolute Gasteiger partial charge is 0.225 e. The molecule has 0 aromatic carbocycles. The highest BCUT2D eigenvalue weighted by atomic mass is 127. The van der Waals surface area contributed by atoms with E-state index in [1.165, 1.54) is 12.8 Å². The molecule has 0 aromatic heterocycles. The highest BCUT2D eigenvalue weighted by molar-refractivity contribution is 14.0. The summed E-state index contributed by atoms with van der Waals surface area (Å²) in [5.41, 5.74) is 0. The Morgan fingerprint density at radius 2 is 1.96 bits per heavy atom. The highest BCUT2D eigenvalue weighted by Gasteiger charge is 2.33. The maximum atomic E-state index is 12.1. The third kappa shape index (κ3) is 6.06. The third-order valence-electron chi connectivity index (χ3n) is 4.87. The van der Waals surface area contributed by atoms with Crippen molar-refractivity contribution in [3.05, 3.63) is 0 Å². The molecule has 2 atom stereocenters. The predicted octanol–water partition coefficient (Wildman–Crippen LogP) is 1.37. The van der Waals surface area contributed by atoms with Gasteiger partial charge in [0, 0.05) is 44.7 Å². The van der Waals surface area contributed by atoms with E-state index in [4.69, 9.17) is 0 Å². The van der Waals surface area contributed by atoms with Gasteiger partial charge in [0.2, 0.25) is 5.91 Å². The summed E-state index contributed by atoms with van der Waals surface area (Å²) in [5, 5.41) is 6.93. The molecule has 1 aliphatic heterocycles. The zero-order chi connectivity index (χ0) is 17.0. The lowest BCUT2D eigenvalue weighted by molar-refractivity contribution is -0.133. The van der Waals surface area contributed by atoms with Crippen LogP contribution in [-0.2, 0) is 4.79 Å². The normalized spacial score (nSPS) is 22.5. The number of nitrogens with one attached hydrogen (secondary N) is 2. The van der Waals surface area contributed by atoms with Crippen molar-refractivity contribution in [3.8, 4) is 0 Å². The first-order valence-electron chi connectivity index (χ1n) is 8.84. The molecule has 2 rings (SSSR count). The van der Waals surface area contributed by atoms with E-state index in [2.05, 4.69) is 34.6 Å². The molecule has 2 N–H and O–H groups in total. The first kappa shape index (κ1) is 21.5. The zero-order valence-electron chi connectivity index (χ0n) is 15.7. The summed E-state index contributed by atoms with van der Waals surface area (Å²) >= 11 is 0. The Kier molecular flexibility index (Phi) is 8.76. The van der Waals surface area contributed by atoms with Crippen molar-refractivity contribution in [2.75, 3.05) is 40.8 Å². The molecular weight excluding hydrogens is 417 g/mol. The summed E-state index contributed by atoms with van der Waals surface area (Å²) in [4.78, 5) is 20.7. The van der Waals surface area contributed by atoms with E-state index in [-0.39, 0.29) is 35.8 Å². The van der Waals surface area contributed by atoms with Crippen LogP contribution in [-0.4, -0.2) is 74.5 Å². The number of nitrogens with zero attached hydrogens (tertiary/aromatic N) is 3. The van der Waals surface area contributed by atoms with Gasteiger partial charge in [-0.05, 0) is 39.3 Å². The van der Waals surface area contributed by atoms with E-state index >= 15 is 0 Å². The number of likely N-dealkylation sites (tertiary alicyclic amines) is 1. The molecular formula is C17H34IN5O. The molecule has 0 radical (unpaired) electrons. The first-order chi connectivity index (χ1) is 10.9. The van der Waals surface area contributed by atoms with Gasteiger partial charge in [0.05, 0.1) is 0 Å². The van der Waals surface area contributed by atoms with Crippen molar-refractivity contribution < 1.29 is 4.79 Å². The zero-order valence-corrected chi connectivity index (χ0v) is 18.0. The summed E-state index contributed by atoms with van der Waals surface area (Å²) in [6, 6.07) is 0.860. The standard InChI is InChI=1S/C17H33N5O.HI/c1-12(2)16(23)22-9-8-14(11-22)20-17(18-3)19-10-15(21(4)5)13-6-7-13;/h12-15H,6-11H2,1-5H3,(H2,18,19,20);1H. The van der Waals surface area contributed by atoms with E-state index in [9.17, 15) is 4.79 Å². The van der Waals surface area contributed by atoms with Crippen molar-refractivity contribution in [1.29, 1.82) is 0 Å². The van der Waals surface area contributed by atoms with Gasteiger partial charge in [-0.25, -0.2) is 0 Å². The molecule has 1 heterocycles. The molecule has 24 heavy (non-hydrogen) atoms. The molecule has 7 heteroatoms. The van der Waals surface area contributed by atoms with Gasteiger partial charge in [-0.1, -0.05) is 13.8 Å². The van der Waals surface area contributed by atoms with Gasteiger partial charge in [-0.3, -0.25) is 9.79 Å². The second kappa shape index (κ2) is 9.79. The Morgan fingerprint density at radius 1 is 1.29 bits per heavy atom. The molecule has 140 valence electrons. The number of hydrogen-bond donors (Lipinski definition) is 2. The number of likely N-dealkylation sites (N-methyl/N-ethyl adjacent to an activating group) is 1. The van der Waals surface area contributed by atoms with Crippen LogP contribution in [0.15, 0.2) is 4.99 Å². The molecule has 0 spiro atoms. The minimum atomic E-state index is 0. The van der Waals surface area contributed by atoms with Crippen molar-refractivity contribution in [2.45, 2.75) is 45.2 Å². The number of halogens is 1. The van der Waals surface area contributed by atoms with Crippen LogP contribution in [0.2, 0.25) is 0 Å². The van der Waals surface area contributed by atoms with Crippen molar-refractivity contribution in [3.63, 3.8) is 0 Å². The minimum absolute atomic E-state index is 0. The fourth-order valence-electron chi connectivity index (χ4n) is 3.28. The lowest BCUT2D eigenvalue weighted by atomic mass is 10.1. The third-order valence-corrected chi connectivity index (χ3v) is 4.87. The molecule has 1 amide bonds. The Hall–Kier alpha value is -0.570. The van der Waals surface area contributed by atoms with Crippen molar-refractivity contribution in [2.24, 2.45) is 16.8 Å². The van der Waals surface area contributed by atoms with Crippen LogP contribution in [0.3, 0.4) is 0 Å². The summed E-state index contributed by atoms with van der Waals surface area (Å²) in [6.45, 7) is 6.45. The number of amides is 1. The van der Waals surface area contributed by atoms with Gasteiger partial charge in [0.25, 0.3) is 0 Å². The molecule has 1 saturated heterocycles. The lowest BCUT2D eigenvalue weighted by Gasteiger charge is -2.26. The van der Waals surface area contributed by atoms with Gasteiger partial charge < -0.3 is 20.4 Å². The summed E-state index contributed by atoms with van der Waals surface area (Å²) < 4.78 is 0. The summed E-state index contributed by atoms with van der Waals surface area (Å²) in [5.74, 6) is 1.99. The highest BCUT2D eigenvalue weighted by Crippen LogP contribution is 2.34. The molecule has 6 nitrogen and oxygen atoms in total. The average Bonchev–Trinajstić information content (AvgIpc) is 3.23. The number of hydrogen-bond acceptors (Lipinski definition) is 3. The topological polar surface area (TPSA) is 60.0 Å². The number of carbonyl (C=O) groups excluding carboxylic acids is 1. The lowest BCUT2D eigenvalue weighted by Crippen LogP contribution is -2.49. The first-order valence-corrected chi connectivity index (χ1v) is 8.84. The number of aliphatic imine (C=N–C) groups is 1. The quantitative estimate of drug-likeness (QED) is 0.364. The Morgan fingerprint density at radius 3 is 2.46 bits per heavy atom. The van der Waals surface area contributed by atoms with Crippen LogP contribution in [0.25, 0.3) is 0 Å². The molecule has 1 aliphatic carbocycles. The minimum Gasteiger partial charge on any atom is -0.355 e. The SMILES string of the molecule is CN=C(NCC(C1CC1)N(C)C)NC1CCN(C(=O)C(C)C)C1.I. The van der Waals surface area contributed by atoms with Crippen LogP contribution < -0.4 is 10.6 Å². The van der Waals surface area contributed by atoms with Crippen LogP contribution in [0.4, 0.5) is 0 Å². The largest absolute Gasteiger partial charge is 0.355 e. The Balaban J connectivity index is 0.00000288. The molecule has 2 aliphatic rings. The van der Waals surface area contributed by atoms with Gasteiger partial charge in [-0.15, -0.1) is 24.0 Å². The van der Waals surface area contributed by atoms with E-state index in [1.54, 1.807) is 0 Å². The fourth-order valence-corrected chi connectivity index (χ4v) is 3.28. The van der Waals surface area contributed by atoms with E-state index < -0.39 is 0 Å². The average molecular weight is 451 g/mol. The van der Waals surface area contributed by atoms with E-state index in [1.807, 2.05) is 25.8 Å². The maximum absolute atomic E-state index is 12.1. The van der Waals surface area contributed by atoms with E-state index in [0.29, 0.717) is 12.1 Å². The number of carbonyl (C=O) groups is 1. The molecule has 0 bridgehead atoms. The number of guanidine groups is 1. The van der Waals surface area contributed by atoms with Crippen LogP contribution >= 0.6 is 24.0 Å². The van der Waals surface area contributed by atoms with Gasteiger partial charge in [0.1, 0.15) is 0 Å². The van der Waals surface area contributed by atoms with Crippen LogP contribution in [0.1, 0.15) is 33.1 Å². The monoisotopic (exact) mass is 451 g/mol. The summed E-state index contributed by atoms with van der Waals surface area (Å²) in [6.07, 6.45) is 3.66. The number of rotatable bonds is 6. The molecule has 0 aromatic rings. The van der Waals surface area contributed by atoms with Crippen LogP contribution in [0, 0.1) is 11.8 Å². The second-order valence-electron chi connectivity index (χ2n) is 7.39. The van der Waals surface area contributed by atoms with Gasteiger partial charge in [0.15, 0.2) is 5.96 Å². The maximum Gasteiger partial charge on any atom is 0.225 e. The second-order valence-corrected chi connectivity index (χ2v) is 7.39. The van der Waals surface area contributed by atoms with Crippen molar-refractivity contribution in [1.82, 2.24) is 20.4 Å². The predicted molar refractivity (Wildman–Crippen MR) is 110 cm³/mol. The Labute approximate surface area is 163 Å². The van der Waals surface area contributed by atoms with Gasteiger partial charge >= 0.3 is 0 Å². The van der Waals surface area contributed by atoms with E-state index in [0.717, 1.165) is 37.9 Å². The van der Waals surface area contributed by atoms with Gasteiger partial charge in [-0.2, -0.15) is 0 Å². The van der Waals surface area contributed by atoms with Crippen LogP contribution in [0.5, 0.6) is 0 Å². The Bertz CT molecular complexity index is 435. The molecule has 2 unspecified atom stereocenters.